The molecule has 0 radical (unpaired) electrons. The van der Waals surface area contributed by atoms with Crippen molar-refractivity contribution in [3.63, 3.8) is 0 Å². The van der Waals surface area contributed by atoms with E-state index in [0.29, 0.717) is 29.2 Å². The van der Waals surface area contributed by atoms with Gasteiger partial charge in [-0.05, 0) is 35.9 Å². The van der Waals surface area contributed by atoms with Gasteiger partial charge in [-0.15, -0.1) is 0 Å². The van der Waals surface area contributed by atoms with Gasteiger partial charge in [-0.2, -0.15) is 0 Å². The molecule has 1 aromatic carbocycles. The number of anilines is 4. The predicted molar refractivity (Wildman–Crippen MR) is 113 cm³/mol. The predicted octanol–water partition coefficient (Wildman–Crippen LogP) is 3.42. The molecule has 30 heavy (non-hydrogen) atoms. The van der Waals surface area contributed by atoms with Crippen molar-refractivity contribution in [2.75, 3.05) is 16.0 Å². The second-order valence-electron chi connectivity index (χ2n) is 6.45. The molecule has 0 bridgehead atoms. The number of aromatic nitrogens is 2. The molecule has 2 heterocycles. The molecular weight excluding hydrogens is 387 g/mol. The number of halogens is 1. The number of carbonyl (C=O) groups excluding carboxylic acids is 2. The van der Waals surface area contributed by atoms with Gasteiger partial charge in [-0.3, -0.25) is 14.6 Å². The van der Waals surface area contributed by atoms with Crippen LogP contribution in [-0.4, -0.2) is 21.8 Å². The van der Waals surface area contributed by atoms with Gasteiger partial charge in [0.15, 0.2) is 0 Å². The third-order valence-electron chi connectivity index (χ3n) is 4.18. The monoisotopic (exact) mass is 408 g/mol. The zero-order valence-corrected chi connectivity index (χ0v) is 16.3. The molecule has 0 saturated heterocycles. The second-order valence-corrected chi connectivity index (χ2v) is 6.45. The van der Waals surface area contributed by atoms with E-state index in [1.807, 2.05) is 0 Å². The van der Waals surface area contributed by atoms with Gasteiger partial charge >= 0.3 is 0 Å². The number of hydrogen-bond donors (Lipinski definition) is 4. The zero-order chi connectivity index (χ0) is 21.5. The van der Waals surface area contributed by atoms with Crippen LogP contribution in [0.5, 0.6) is 0 Å². The number of pyridine rings is 2. The van der Waals surface area contributed by atoms with Crippen molar-refractivity contribution in [3.8, 4) is 0 Å². The Balaban J connectivity index is 1.74. The summed E-state index contributed by atoms with van der Waals surface area (Å²) in [6.45, 7) is 2.03. The lowest BCUT2D eigenvalue weighted by atomic mass is 10.2. The molecule has 3 aromatic rings. The van der Waals surface area contributed by atoms with E-state index >= 15 is 0 Å². The highest BCUT2D eigenvalue weighted by molar-refractivity contribution is 5.98. The van der Waals surface area contributed by atoms with Crippen LogP contribution in [0.2, 0.25) is 0 Å². The number of carbonyl (C=O) groups is 2. The molecule has 0 spiro atoms. The lowest BCUT2D eigenvalue weighted by Crippen LogP contribution is -2.15. The second kappa shape index (κ2) is 9.46. The van der Waals surface area contributed by atoms with E-state index in [-0.39, 0.29) is 18.0 Å². The summed E-state index contributed by atoms with van der Waals surface area (Å²) in [5.41, 5.74) is 8.14. The Bertz CT molecular complexity index is 1060. The number of nitrogens with one attached hydrogen (secondary N) is 3. The number of nitrogens with zero attached hydrogens (tertiary/aromatic N) is 2. The Kier molecular flexibility index (Phi) is 6.53. The fraction of sp³-hybridized carbons (Fsp3) is 0.143. The molecule has 0 aliphatic rings. The SMILES string of the molecule is CCC(=O)Nc1ccc(Nc2cc(NCc3cncc(F)c3)c(C(N)=O)cn2)cc1. The van der Waals surface area contributed by atoms with Crippen molar-refractivity contribution in [3.05, 3.63) is 71.9 Å². The fourth-order valence-corrected chi connectivity index (χ4v) is 2.65. The summed E-state index contributed by atoms with van der Waals surface area (Å²) < 4.78 is 13.3. The van der Waals surface area contributed by atoms with Crippen molar-refractivity contribution < 1.29 is 14.0 Å². The molecule has 0 fully saturated rings. The number of hydrogen-bond acceptors (Lipinski definition) is 6. The summed E-state index contributed by atoms with van der Waals surface area (Å²) in [7, 11) is 0. The van der Waals surface area contributed by atoms with Crippen molar-refractivity contribution in [1.82, 2.24) is 9.97 Å². The van der Waals surface area contributed by atoms with Crippen LogP contribution in [0.1, 0.15) is 29.3 Å². The average molecular weight is 408 g/mol. The lowest BCUT2D eigenvalue weighted by molar-refractivity contribution is -0.115. The van der Waals surface area contributed by atoms with Crippen LogP contribution in [0.25, 0.3) is 0 Å². The molecule has 3 rings (SSSR count). The number of primary amides is 1. The molecule has 0 unspecified atom stereocenters. The molecule has 9 heteroatoms. The number of nitrogens with two attached hydrogens (primary N) is 1. The van der Waals surface area contributed by atoms with Gasteiger partial charge in [-0.1, -0.05) is 6.92 Å². The van der Waals surface area contributed by atoms with E-state index in [1.165, 1.54) is 18.5 Å². The summed E-state index contributed by atoms with van der Waals surface area (Å²) in [5.74, 6) is -0.668. The van der Waals surface area contributed by atoms with Crippen LogP contribution >= 0.6 is 0 Å². The first-order valence-corrected chi connectivity index (χ1v) is 9.24. The number of benzene rings is 1. The minimum Gasteiger partial charge on any atom is -0.380 e. The van der Waals surface area contributed by atoms with Gasteiger partial charge in [-0.25, -0.2) is 9.37 Å². The van der Waals surface area contributed by atoms with E-state index in [9.17, 15) is 14.0 Å². The Labute approximate surface area is 172 Å². The van der Waals surface area contributed by atoms with Gasteiger partial charge in [0.2, 0.25) is 5.91 Å². The molecule has 0 aliphatic heterocycles. The molecule has 0 saturated carbocycles. The molecule has 154 valence electrons. The van der Waals surface area contributed by atoms with E-state index in [4.69, 9.17) is 5.73 Å². The first kappa shape index (κ1) is 20.7. The minimum absolute atomic E-state index is 0.0661. The molecule has 2 aromatic heterocycles. The number of rotatable bonds is 8. The summed E-state index contributed by atoms with van der Waals surface area (Å²) in [6.07, 6.45) is 4.41. The van der Waals surface area contributed by atoms with Gasteiger partial charge in [0.1, 0.15) is 11.6 Å². The Morgan fingerprint density at radius 2 is 1.80 bits per heavy atom. The van der Waals surface area contributed by atoms with E-state index in [1.54, 1.807) is 37.3 Å². The van der Waals surface area contributed by atoms with Crippen molar-refractivity contribution in [2.24, 2.45) is 5.73 Å². The first-order valence-electron chi connectivity index (χ1n) is 9.24. The smallest absolute Gasteiger partial charge is 0.252 e. The van der Waals surface area contributed by atoms with Crippen LogP contribution in [0.4, 0.5) is 27.3 Å². The van der Waals surface area contributed by atoms with E-state index in [2.05, 4.69) is 25.9 Å². The fourth-order valence-electron chi connectivity index (χ4n) is 2.65. The standard InChI is InChI=1S/C21H21FN6O2/c1-2-20(29)28-16-5-3-15(4-6-16)27-19-8-18(17(12-26-19)21(23)30)25-10-13-7-14(22)11-24-9-13/h3-9,11-12H,2,10H2,1H3,(H2,23,30)(H,28,29)(H2,25,26,27). The quantitative estimate of drug-likeness (QED) is 0.453. The van der Waals surface area contributed by atoms with E-state index in [0.717, 1.165) is 11.9 Å². The normalized spacial score (nSPS) is 10.3. The summed E-state index contributed by atoms with van der Waals surface area (Å²) >= 11 is 0. The third-order valence-corrected chi connectivity index (χ3v) is 4.18. The highest BCUT2D eigenvalue weighted by atomic mass is 19.1. The van der Waals surface area contributed by atoms with Crippen LogP contribution in [0, 0.1) is 5.82 Å². The van der Waals surface area contributed by atoms with Crippen molar-refractivity contribution in [2.45, 2.75) is 19.9 Å². The average Bonchev–Trinajstić information content (AvgIpc) is 2.73. The highest BCUT2D eigenvalue weighted by Gasteiger charge is 2.11. The maximum Gasteiger partial charge on any atom is 0.252 e. The van der Waals surface area contributed by atoms with Crippen LogP contribution < -0.4 is 21.7 Å². The molecule has 5 N–H and O–H groups in total. The molecule has 0 atom stereocenters. The topological polar surface area (TPSA) is 122 Å². The van der Waals surface area contributed by atoms with Gasteiger partial charge in [0.05, 0.1) is 17.4 Å². The van der Waals surface area contributed by atoms with Crippen LogP contribution in [-0.2, 0) is 11.3 Å². The van der Waals surface area contributed by atoms with Crippen molar-refractivity contribution in [1.29, 1.82) is 0 Å². The third kappa shape index (κ3) is 5.51. The van der Waals surface area contributed by atoms with Crippen LogP contribution in [0.15, 0.2) is 55.0 Å². The summed E-state index contributed by atoms with van der Waals surface area (Å²) in [5, 5.41) is 8.96. The molecule has 8 nitrogen and oxygen atoms in total. The largest absolute Gasteiger partial charge is 0.380 e. The molecule has 2 amide bonds. The van der Waals surface area contributed by atoms with Crippen LogP contribution in [0.3, 0.4) is 0 Å². The van der Waals surface area contributed by atoms with Gasteiger partial charge in [0, 0.05) is 42.8 Å². The highest BCUT2D eigenvalue weighted by Crippen LogP contribution is 2.23. The summed E-state index contributed by atoms with van der Waals surface area (Å²) in [6, 6.07) is 10.1. The molecule has 0 aliphatic carbocycles. The maximum absolute atomic E-state index is 13.3. The van der Waals surface area contributed by atoms with Gasteiger partial charge < -0.3 is 21.7 Å². The first-order chi connectivity index (χ1) is 14.4. The lowest BCUT2D eigenvalue weighted by Gasteiger charge is -2.13. The number of amides is 2. The van der Waals surface area contributed by atoms with Crippen molar-refractivity contribution >= 4 is 34.7 Å². The Morgan fingerprint density at radius 3 is 2.47 bits per heavy atom. The van der Waals surface area contributed by atoms with E-state index < -0.39 is 11.7 Å². The Hall–Kier alpha value is -4.01. The molecular formula is C21H21FN6O2. The summed E-state index contributed by atoms with van der Waals surface area (Å²) in [4.78, 5) is 31.2. The van der Waals surface area contributed by atoms with Gasteiger partial charge in [0.25, 0.3) is 5.91 Å². The zero-order valence-electron chi connectivity index (χ0n) is 16.3. The maximum atomic E-state index is 13.3. The minimum atomic E-state index is -0.634. The Morgan fingerprint density at radius 1 is 1.07 bits per heavy atom.